The summed E-state index contributed by atoms with van der Waals surface area (Å²) >= 11 is 0. The van der Waals surface area contributed by atoms with Crippen molar-refractivity contribution < 1.29 is 47.4 Å². The fraction of sp³-hybridized carbons (Fsp3) is 0.357. The SMILES string of the molecule is Cc1ccc(C[CH-]N(C)C(=O)N(C)C)cc1.O=[C-]O.[Y]. The summed E-state index contributed by atoms with van der Waals surface area (Å²) < 4.78 is 0. The second-order valence-electron chi connectivity index (χ2n) is 4.25. The summed E-state index contributed by atoms with van der Waals surface area (Å²) in [6.07, 6.45) is 0.774. The molecule has 0 unspecified atom stereocenters. The van der Waals surface area contributed by atoms with E-state index in [1.807, 2.05) is 6.54 Å². The van der Waals surface area contributed by atoms with E-state index in [1.54, 1.807) is 30.9 Å². The molecule has 0 saturated carbocycles. The van der Waals surface area contributed by atoms with Crippen LogP contribution in [0.5, 0.6) is 0 Å². The topological polar surface area (TPSA) is 60.9 Å². The molecule has 0 aliphatic rings. The van der Waals surface area contributed by atoms with Crippen molar-refractivity contribution >= 4 is 12.5 Å². The summed E-state index contributed by atoms with van der Waals surface area (Å²) in [7, 11) is 5.27. The normalized spacial score (nSPS) is 8.60. The van der Waals surface area contributed by atoms with Gasteiger partial charge in [0.15, 0.2) is 0 Å². The van der Waals surface area contributed by atoms with E-state index in [0.717, 1.165) is 6.42 Å². The van der Waals surface area contributed by atoms with E-state index >= 15 is 0 Å². The summed E-state index contributed by atoms with van der Waals surface area (Å²) in [6.45, 7) is 4.46. The van der Waals surface area contributed by atoms with Crippen LogP contribution in [0, 0.1) is 13.5 Å². The van der Waals surface area contributed by atoms with E-state index in [9.17, 15) is 4.79 Å². The minimum absolute atomic E-state index is 0. The minimum Gasteiger partial charge on any atom is -0.665 e. The fourth-order valence-electron chi connectivity index (χ4n) is 1.36. The summed E-state index contributed by atoms with van der Waals surface area (Å²) in [5, 5.41) is 6.76. The summed E-state index contributed by atoms with van der Waals surface area (Å²) in [4.78, 5) is 22.9. The average Bonchev–Trinajstić information content (AvgIpc) is 2.37. The quantitative estimate of drug-likeness (QED) is 0.845. The van der Waals surface area contributed by atoms with E-state index in [0.29, 0.717) is 6.47 Å². The zero-order valence-electron chi connectivity index (χ0n) is 12.3. The molecule has 1 aromatic rings. The molecule has 0 atom stereocenters. The van der Waals surface area contributed by atoms with Crippen LogP contribution in [0.2, 0.25) is 0 Å². The third-order valence-electron chi connectivity index (χ3n) is 2.41. The Morgan fingerprint density at radius 2 is 1.70 bits per heavy atom. The molecule has 5 nitrogen and oxygen atoms in total. The molecule has 0 aromatic heterocycles. The fourth-order valence-corrected chi connectivity index (χ4v) is 1.36. The molecule has 0 aliphatic carbocycles. The van der Waals surface area contributed by atoms with Gasteiger partial charge in [-0.05, 0) is 14.0 Å². The number of amides is 2. The molecular formula is C14H20N2O3Y-2. The second kappa shape index (κ2) is 11.9. The maximum atomic E-state index is 11.5. The average molecular weight is 353 g/mol. The van der Waals surface area contributed by atoms with Gasteiger partial charge < -0.3 is 19.7 Å². The summed E-state index contributed by atoms with van der Waals surface area (Å²) in [6, 6.07) is 8.32. The number of aryl methyl sites for hydroxylation is 1. The van der Waals surface area contributed by atoms with Crippen molar-refractivity contribution in [1.29, 1.82) is 0 Å². The predicted molar refractivity (Wildman–Crippen MR) is 74.4 cm³/mol. The van der Waals surface area contributed by atoms with Gasteiger partial charge in [-0.1, -0.05) is 41.9 Å². The third kappa shape index (κ3) is 9.05. The van der Waals surface area contributed by atoms with Gasteiger partial charge in [-0.3, -0.25) is 4.79 Å². The number of hydrogen-bond donors (Lipinski definition) is 1. The molecule has 2 amide bonds. The van der Waals surface area contributed by atoms with E-state index in [1.165, 1.54) is 11.1 Å². The molecule has 1 aromatic carbocycles. The van der Waals surface area contributed by atoms with Crippen molar-refractivity contribution in [2.24, 2.45) is 0 Å². The van der Waals surface area contributed by atoms with Crippen LogP contribution in [0.4, 0.5) is 4.79 Å². The van der Waals surface area contributed by atoms with E-state index in [2.05, 4.69) is 31.2 Å². The Morgan fingerprint density at radius 3 is 2.10 bits per heavy atom. The van der Waals surface area contributed by atoms with Crippen LogP contribution in [0.1, 0.15) is 11.1 Å². The molecule has 109 valence electrons. The Bertz CT molecular complexity index is 394. The van der Waals surface area contributed by atoms with Crippen LogP contribution < -0.4 is 0 Å². The van der Waals surface area contributed by atoms with Gasteiger partial charge in [0.2, 0.25) is 0 Å². The Kier molecular flexibility index (Phi) is 12.7. The molecule has 20 heavy (non-hydrogen) atoms. The number of carbonyl (C=O) groups excluding carboxylic acids is 1. The first-order valence-corrected chi connectivity index (χ1v) is 5.76. The Balaban J connectivity index is 0. The number of benzene rings is 1. The van der Waals surface area contributed by atoms with E-state index in [4.69, 9.17) is 9.90 Å². The number of hydrogen-bond acceptors (Lipinski definition) is 2. The molecule has 6 heteroatoms. The second-order valence-corrected chi connectivity index (χ2v) is 4.25. The van der Waals surface area contributed by atoms with Gasteiger partial charge in [-0.25, -0.2) is 6.54 Å². The maximum Gasteiger partial charge on any atom is 0.289 e. The van der Waals surface area contributed by atoms with Gasteiger partial charge in [-0.2, -0.15) is 0 Å². The summed E-state index contributed by atoms with van der Waals surface area (Å²) in [5.41, 5.74) is 2.46. The van der Waals surface area contributed by atoms with Crippen LogP contribution in [0.15, 0.2) is 24.3 Å². The Hall–Kier alpha value is -0.936. The van der Waals surface area contributed by atoms with E-state index in [-0.39, 0.29) is 38.7 Å². The van der Waals surface area contributed by atoms with E-state index < -0.39 is 0 Å². The van der Waals surface area contributed by atoms with Gasteiger partial charge in [-0.15, -0.1) is 6.42 Å². The number of carbonyl (C=O) groups is 1. The van der Waals surface area contributed by atoms with Crippen LogP contribution in [-0.4, -0.2) is 48.6 Å². The number of urea groups is 1. The van der Waals surface area contributed by atoms with Gasteiger partial charge in [0.1, 0.15) is 0 Å². The molecule has 0 saturated heterocycles. The first kappa shape index (κ1) is 21.4. The Morgan fingerprint density at radius 1 is 1.25 bits per heavy atom. The number of rotatable bonds is 3. The predicted octanol–water partition coefficient (Wildman–Crippen LogP) is 1.92. The Labute approximate surface area is 145 Å². The van der Waals surface area contributed by atoms with Crippen LogP contribution in [-0.2, 0) is 43.9 Å². The van der Waals surface area contributed by atoms with Crippen molar-refractivity contribution in [1.82, 2.24) is 9.80 Å². The van der Waals surface area contributed by atoms with Crippen molar-refractivity contribution in [2.75, 3.05) is 21.1 Å². The molecule has 1 radical (unpaired) electrons. The molecule has 0 fully saturated rings. The smallest absolute Gasteiger partial charge is 0.289 e. The monoisotopic (exact) mass is 353 g/mol. The summed E-state index contributed by atoms with van der Waals surface area (Å²) in [5.74, 6) is 0. The van der Waals surface area contributed by atoms with Gasteiger partial charge in [0.05, 0.1) is 0 Å². The van der Waals surface area contributed by atoms with Crippen molar-refractivity contribution in [3.63, 3.8) is 0 Å². The third-order valence-corrected chi connectivity index (χ3v) is 2.41. The van der Waals surface area contributed by atoms with Crippen molar-refractivity contribution in [3.8, 4) is 0 Å². The van der Waals surface area contributed by atoms with Gasteiger partial charge in [0, 0.05) is 46.8 Å². The van der Waals surface area contributed by atoms with Crippen LogP contribution in [0.25, 0.3) is 0 Å². The molecule has 1 N–H and O–H groups in total. The first-order valence-electron chi connectivity index (χ1n) is 5.76. The molecule has 0 aliphatic heterocycles. The largest absolute Gasteiger partial charge is 0.665 e. The molecule has 0 spiro atoms. The number of nitrogens with zero attached hydrogens (tertiary/aromatic N) is 2. The molecule has 0 bridgehead atoms. The van der Waals surface area contributed by atoms with Crippen LogP contribution in [0.3, 0.4) is 0 Å². The maximum absolute atomic E-state index is 11.5. The first-order chi connectivity index (χ1) is 8.92. The van der Waals surface area contributed by atoms with Crippen molar-refractivity contribution in [3.05, 3.63) is 41.9 Å². The number of likely N-dealkylation sites (N-methyl/N-ethyl adjacent to an activating group) is 1. The number of aliphatic hydroxyl groups excluding tert-OH is 1. The molecular weight excluding hydrogens is 333 g/mol. The van der Waals surface area contributed by atoms with Crippen molar-refractivity contribution in [2.45, 2.75) is 13.3 Å². The molecule has 1 rings (SSSR count). The zero-order chi connectivity index (χ0) is 14.8. The van der Waals surface area contributed by atoms with Crippen LogP contribution >= 0.6 is 0 Å². The minimum atomic E-state index is -0.00730. The zero-order valence-corrected chi connectivity index (χ0v) is 15.2. The van der Waals surface area contributed by atoms with Gasteiger partial charge in [0.25, 0.3) is 6.03 Å². The van der Waals surface area contributed by atoms with Gasteiger partial charge >= 0.3 is 0 Å². The molecule has 0 heterocycles. The standard InChI is InChI=1S/C13H19N2O.CHO2.Y/c1-11-5-7-12(8-6-11)9-10-15(4)13(16)14(2)3;2-1-3;/h5-8,10H,9H2,1-4H3;(H,2,3);/q2*-1;.